The van der Waals surface area contributed by atoms with E-state index in [2.05, 4.69) is 21.7 Å². The van der Waals surface area contributed by atoms with Gasteiger partial charge in [-0.1, -0.05) is 31.4 Å². The van der Waals surface area contributed by atoms with Crippen molar-refractivity contribution in [3.8, 4) is 11.6 Å². The summed E-state index contributed by atoms with van der Waals surface area (Å²) in [4.78, 5) is 13.9. The van der Waals surface area contributed by atoms with Crippen LogP contribution < -0.4 is 20.1 Å². The molecule has 0 atom stereocenters. The summed E-state index contributed by atoms with van der Waals surface area (Å²) in [5.41, 5.74) is 1.60. The van der Waals surface area contributed by atoms with Crippen LogP contribution in [0, 0.1) is 0 Å². The zero-order valence-electron chi connectivity index (χ0n) is 17.6. The monoisotopic (exact) mass is 407 g/mol. The topological polar surface area (TPSA) is 81.2 Å². The van der Waals surface area contributed by atoms with Gasteiger partial charge in [0.2, 0.25) is 11.8 Å². The predicted molar refractivity (Wildman–Crippen MR) is 120 cm³/mol. The summed E-state index contributed by atoms with van der Waals surface area (Å²) in [6, 6.07) is 10.3. The van der Waals surface area contributed by atoms with Gasteiger partial charge in [-0.15, -0.1) is 0 Å². The van der Waals surface area contributed by atoms with E-state index in [1.54, 1.807) is 12.3 Å². The van der Waals surface area contributed by atoms with E-state index < -0.39 is 0 Å². The van der Waals surface area contributed by atoms with Crippen LogP contribution in [0.4, 0.5) is 17.5 Å². The Bertz CT molecular complexity index is 988. The summed E-state index contributed by atoms with van der Waals surface area (Å²) >= 11 is 0. The number of hydrogen-bond acceptors (Lipinski definition) is 7. The first-order valence-electron chi connectivity index (χ1n) is 10.8. The number of fused-ring (bicyclic) bond motifs is 1. The smallest absolute Gasteiger partial charge is 0.229 e. The molecular weight excluding hydrogens is 378 g/mol. The minimum Gasteiger partial charge on any atom is -0.491 e. The van der Waals surface area contributed by atoms with Crippen LogP contribution in [0.5, 0.6) is 11.6 Å². The molecule has 0 aliphatic heterocycles. The van der Waals surface area contributed by atoms with Crippen LogP contribution in [0.2, 0.25) is 0 Å². The van der Waals surface area contributed by atoms with Gasteiger partial charge in [0.05, 0.1) is 24.9 Å². The van der Waals surface area contributed by atoms with Crippen molar-refractivity contribution in [2.45, 2.75) is 52.0 Å². The maximum atomic E-state index is 5.78. The van der Waals surface area contributed by atoms with E-state index in [4.69, 9.17) is 19.4 Å². The lowest BCUT2D eigenvalue weighted by Gasteiger charge is -2.24. The van der Waals surface area contributed by atoms with Gasteiger partial charge in [-0.05, 0) is 38.8 Å². The molecule has 4 rings (SSSR count). The third kappa shape index (κ3) is 4.72. The normalized spacial score (nSPS) is 14.5. The molecule has 7 nitrogen and oxygen atoms in total. The number of anilines is 3. The van der Waals surface area contributed by atoms with Crippen molar-refractivity contribution in [2.75, 3.05) is 23.8 Å². The highest BCUT2D eigenvalue weighted by molar-refractivity contribution is 5.90. The minimum atomic E-state index is 0.455. The molecule has 1 aliphatic carbocycles. The summed E-state index contributed by atoms with van der Waals surface area (Å²) in [6.45, 7) is 4.97. The van der Waals surface area contributed by atoms with Crippen LogP contribution >= 0.6 is 0 Å². The van der Waals surface area contributed by atoms with Crippen LogP contribution in [-0.2, 0) is 0 Å². The maximum absolute atomic E-state index is 5.78. The van der Waals surface area contributed by atoms with Crippen molar-refractivity contribution in [2.24, 2.45) is 0 Å². The van der Waals surface area contributed by atoms with E-state index in [0.29, 0.717) is 42.5 Å². The summed E-state index contributed by atoms with van der Waals surface area (Å²) in [7, 11) is 0. The molecule has 158 valence electrons. The number of hydrogen-bond donors (Lipinski definition) is 2. The third-order valence-electron chi connectivity index (χ3n) is 5.23. The molecule has 1 aliphatic rings. The Balaban J connectivity index is 1.65. The first-order chi connectivity index (χ1) is 14.8. The number of aromatic nitrogens is 3. The third-order valence-corrected chi connectivity index (χ3v) is 5.23. The van der Waals surface area contributed by atoms with Gasteiger partial charge in [-0.3, -0.25) is 0 Å². The van der Waals surface area contributed by atoms with Gasteiger partial charge < -0.3 is 20.1 Å². The summed E-state index contributed by atoms with van der Waals surface area (Å²) in [6.07, 6.45) is 7.91. The van der Waals surface area contributed by atoms with Gasteiger partial charge in [0.25, 0.3) is 0 Å². The van der Waals surface area contributed by atoms with Crippen LogP contribution in [0.15, 0.2) is 36.5 Å². The molecule has 3 aromatic rings. The second-order valence-electron chi connectivity index (χ2n) is 7.40. The number of para-hydroxylation sites is 1. The molecule has 7 heteroatoms. The number of rotatable bonds is 8. The molecule has 2 N–H and O–H groups in total. The average Bonchev–Trinajstić information content (AvgIpc) is 2.77. The molecule has 0 bridgehead atoms. The lowest BCUT2D eigenvalue weighted by atomic mass is 9.95. The number of ether oxygens (including phenoxy) is 2. The van der Waals surface area contributed by atoms with E-state index in [9.17, 15) is 0 Å². The van der Waals surface area contributed by atoms with Crippen molar-refractivity contribution in [3.05, 3.63) is 36.5 Å². The minimum absolute atomic E-state index is 0.455. The maximum Gasteiger partial charge on any atom is 0.229 e. The molecule has 0 saturated heterocycles. The molecule has 2 heterocycles. The van der Waals surface area contributed by atoms with E-state index >= 15 is 0 Å². The zero-order chi connectivity index (χ0) is 20.8. The van der Waals surface area contributed by atoms with Crippen molar-refractivity contribution in [3.63, 3.8) is 0 Å². The van der Waals surface area contributed by atoms with Crippen molar-refractivity contribution in [1.29, 1.82) is 0 Å². The second-order valence-corrected chi connectivity index (χ2v) is 7.40. The molecule has 1 aromatic carbocycles. The van der Waals surface area contributed by atoms with Gasteiger partial charge in [0.1, 0.15) is 17.3 Å². The molecule has 1 fully saturated rings. The van der Waals surface area contributed by atoms with Gasteiger partial charge in [0.15, 0.2) is 0 Å². The molecule has 30 heavy (non-hydrogen) atoms. The quantitative estimate of drug-likeness (QED) is 0.524. The van der Waals surface area contributed by atoms with Crippen molar-refractivity contribution < 1.29 is 9.47 Å². The predicted octanol–water partition coefficient (Wildman–Crippen LogP) is 5.31. The highest BCUT2D eigenvalue weighted by Crippen LogP contribution is 2.31. The fourth-order valence-electron chi connectivity index (χ4n) is 3.82. The van der Waals surface area contributed by atoms with Gasteiger partial charge in [-0.2, -0.15) is 4.98 Å². The average molecular weight is 408 g/mol. The number of benzene rings is 1. The summed E-state index contributed by atoms with van der Waals surface area (Å²) < 4.78 is 11.3. The molecule has 0 amide bonds. The Morgan fingerprint density at radius 1 is 1.00 bits per heavy atom. The van der Waals surface area contributed by atoms with E-state index in [-0.39, 0.29) is 0 Å². The standard InChI is InChI=1S/C23H29N5O2/c1-3-29-20-14-21(30-4-2)24-15-19(20)27-23-26-18-13-9-8-12-17(18)22(28-23)25-16-10-6-5-7-11-16/h8-9,12-16H,3-7,10-11H2,1-2H3,(H2,25,26,27,28). The van der Waals surface area contributed by atoms with Crippen LogP contribution in [0.3, 0.4) is 0 Å². The van der Waals surface area contributed by atoms with Crippen LogP contribution in [0.1, 0.15) is 46.0 Å². The fourth-order valence-corrected chi connectivity index (χ4v) is 3.82. The summed E-state index contributed by atoms with van der Waals surface area (Å²) in [5.74, 6) is 2.57. The fraction of sp³-hybridized carbons (Fsp3) is 0.435. The molecule has 2 aromatic heterocycles. The second kappa shape index (κ2) is 9.61. The van der Waals surface area contributed by atoms with E-state index in [1.807, 2.05) is 32.0 Å². The molecule has 0 radical (unpaired) electrons. The summed E-state index contributed by atoms with van der Waals surface area (Å²) in [5, 5.41) is 7.98. The largest absolute Gasteiger partial charge is 0.491 e. The van der Waals surface area contributed by atoms with Gasteiger partial charge in [-0.25, -0.2) is 9.97 Å². The molecule has 0 unspecified atom stereocenters. The number of pyridine rings is 1. The first-order valence-corrected chi connectivity index (χ1v) is 10.8. The van der Waals surface area contributed by atoms with Crippen LogP contribution in [-0.4, -0.2) is 34.2 Å². The van der Waals surface area contributed by atoms with Crippen molar-refractivity contribution in [1.82, 2.24) is 15.0 Å². The molecular formula is C23H29N5O2. The Morgan fingerprint density at radius 2 is 1.80 bits per heavy atom. The molecule has 0 spiro atoms. The van der Waals surface area contributed by atoms with Gasteiger partial charge >= 0.3 is 0 Å². The lowest BCUT2D eigenvalue weighted by molar-refractivity contribution is 0.314. The van der Waals surface area contributed by atoms with E-state index in [0.717, 1.165) is 16.7 Å². The highest BCUT2D eigenvalue weighted by Gasteiger charge is 2.17. The zero-order valence-corrected chi connectivity index (χ0v) is 17.6. The Labute approximate surface area is 177 Å². The Kier molecular flexibility index (Phi) is 6.47. The van der Waals surface area contributed by atoms with Crippen LogP contribution in [0.25, 0.3) is 10.9 Å². The van der Waals surface area contributed by atoms with Crippen molar-refractivity contribution >= 4 is 28.4 Å². The SMILES string of the molecule is CCOc1cc(OCC)c(Nc2nc(NC3CCCCC3)c3ccccc3n2)cn1. The Morgan fingerprint density at radius 3 is 2.60 bits per heavy atom. The lowest BCUT2D eigenvalue weighted by Crippen LogP contribution is -2.23. The van der Waals surface area contributed by atoms with E-state index in [1.165, 1.54) is 32.1 Å². The first kappa shape index (κ1) is 20.2. The number of nitrogens with one attached hydrogen (secondary N) is 2. The number of nitrogens with zero attached hydrogens (tertiary/aromatic N) is 3. The molecule has 1 saturated carbocycles. The van der Waals surface area contributed by atoms with Gasteiger partial charge in [0, 0.05) is 17.5 Å². The Hall–Kier alpha value is -3.09. The highest BCUT2D eigenvalue weighted by atomic mass is 16.5.